The van der Waals surface area contributed by atoms with Gasteiger partial charge in [0.1, 0.15) is 5.82 Å². The van der Waals surface area contributed by atoms with Gasteiger partial charge in [-0.25, -0.2) is 9.50 Å². The van der Waals surface area contributed by atoms with Gasteiger partial charge in [-0.3, -0.25) is 9.59 Å². The van der Waals surface area contributed by atoms with Crippen molar-refractivity contribution in [1.82, 2.24) is 19.6 Å². The molecule has 3 rings (SSSR count). The average Bonchev–Trinajstić information content (AvgIpc) is 2.83. The summed E-state index contributed by atoms with van der Waals surface area (Å²) in [6.45, 7) is 0. The van der Waals surface area contributed by atoms with Gasteiger partial charge in [-0.2, -0.15) is 5.10 Å². The quantitative estimate of drug-likeness (QED) is 0.809. The minimum Gasteiger partial charge on any atom is -0.307 e. The molecule has 0 spiro atoms. The highest BCUT2D eigenvalue weighted by Gasteiger charge is 2.19. The second kappa shape index (κ2) is 4.36. The Morgan fingerprint density at radius 1 is 1.33 bits per heavy atom. The van der Waals surface area contributed by atoms with Crippen LogP contribution >= 0.6 is 0 Å². The predicted octanol–water partition coefficient (Wildman–Crippen LogP) is 1.28. The first kappa shape index (κ1) is 11.1. The summed E-state index contributed by atoms with van der Waals surface area (Å²) >= 11 is 0. The van der Waals surface area contributed by atoms with E-state index in [1.54, 1.807) is 0 Å². The molecule has 2 heterocycles. The fourth-order valence-electron chi connectivity index (χ4n) is 2.57. The lowest BCUT2D eigenvalue weighted by molar-refractivity contribution is 0.111. The summed E-state index contributed by atoms with van der Waals surface area (Å²) in [6, 6.07) is 0. The van der Waals surface area contributed by atoms with Gasteiger partial charge < -0.3 is 4.98 Å². The maximum atomic E-state index is 11.9. The molecule has 94 valence electrons. The van der Waals surface area contributed by atoms with Crippen LogP contribution in [0.5, 0.6) is 0 Å². The number of aromatic amines is 1. The van der Waals surface area contributed by atoms with Crippen LogP contribution in [0.1, 0.15) is 54.5 Å². The van der Waals surface area contributed by atoms with E-state index in [9.17, 15) is 9.59 Å². The lowest BCUT2D eigenvalue weighted by Crippen LogP contribution is -2.20. The monoisotopic (exact) mass is 246 g/mol. The molecular formula is C12H14N4O2. The van der Waals surface area contributed by atoms with E-state index in [-0.39, 0.29) is 17.3 Å². The Labute approximate surface area is 103 Å². The molecule has 0 unspecified atom stereocenters. The second-order valence-corrected chi connectivity index (χ2v) is 4.71. The summed E-state index contributed by atoms with van der Waals surface area (Å²) in [5.41, 5.74) is 0.0860. The predicted molar refractivity (Wildman–Crippen MR) is 64.8 cm³/mol. The van der Waals surface area contributed by atoms with Gasteiger partial charge >= 0.3 is 0 Å². The summed E-state index contributed by atoms with van der Waals surface area (Å²) in [5, 5.41) is 4.36. The molecule has 18 heavy (non-hydrogen) atoms. The number of aromatic nitrogens is 4. The zero-order valence-electron chi connectivity index (χ0n) is 9.93. The smallest absolute Gasteiger partial charge is 0.276 e. The molecule has 0 radical (unpaired) electrons. The van der Waals surface area contributed by atoms with Crippen molar-refractivity contribution in [2.24, 2.45) is 0 Å². The van der Waals surface area contributed by atoms with E-state index in [2.05, 4.69) is 15.1 Å². The maximum absolute atomic E-state index is 11.9. The molecule has 0 atom stereocenters. The van der Waals surface area contributed by atoms with E-state index in [0.29, 0.717) is 17.6 Å². The molecule has 2 aromatic heterocycles. The van der Waals surface area contributed by atoms with Gasteiger partial charge in [0.15, 0.2) is 17.6 Å². The van der Waals surface area contributed by atoms with E-state index in [4.69, 9.17) is 0 Å². The van der Waals surface area contributed by atoms with Gasteiger partial charge in [0.25, 0.3) is 5.56 Å². The molecule has 2 aromatic rings. The first-order chi connectivity index (χ1) is 8.79. The third kappa shape index (κ3) is 1.73. The van der Waals surface area contributed by atoms with Gasteiger partial charge in [0, 0.05) is 5.92 Å². The highest BCUT2D eigenvalue weighted by molar-refractivity contribution is 5.71. The van der Waals surface area contributed by atoms with Crippen LogP contribution in [0.2, 0.25) is 0 Å². The molecular weight excluding hydrogens is 232 g/mol. The highest BCUT2D eigenvalue weighted by atomic mass is 16.1. The van der Waals surface area contributed by atoms with Gasteiger partial charge in [-0.1, -0.05) is 19.3 Å². The van der Waals surface area contributed by atoms with Crippen LogP contribution in [-0.2, 0) is 0 Å². The van der Waals surface area contributed by atoms with Crippen LogP contribution < -0.4 is 5.56 Å². The van der Waals surface area contributed by atoms with Crippen molar-refractivity contribution in [3.8, 4) is 0 Å². The molecule has 0 aromatic carbocycles. The van der Waals surface area contributed by atoms with Crippen LogP contribution in [0, 0.1) is 0 Å². The Hall–Kier alpha value is -1.98. The van der Waals surface area contributed by atoms with Gasteiger partial charge in [0.05, 0.1) is 6.20 Å². The fourth-order valence-corrected chi connectivity index (χ4v) is 2.57. The fraction of sp³-hybridized carbons (Fsp3) is 0.500. The van der Waals surface area contributed by atoms with E-state index in [1.807, 2.05) is 0 Å². The van der Waals surface area contributed by atoms with Crippen LogP contribution in [0.4, 0.5) is 0 Å². The average molecular weight is 246 g/mol. The van der Waals surface area contributed by atoms with Crippen LogP contribution in [0.25, 0.3) is 5.52 Å². The molecule has 6 heteroatoms. The number of H-pyrrole nitrogens is 1. The zero-order chi connectivity index (χ0) is 12.5. The Kier molecular flexibility index (Phi) is 2.70. The first-order valence-corrected chi connectivity index (χ1v) is 6.22. The largest absolute Gasteiger partial charge is 0.307 e. The normalized spacial score (nSPS) is 17.1. The van der Waals surface area contributed by atoms with Crippen molar-refractivity contribution in [1.29, 1.82) is 0 Å². The maximum Gasteiger partial charge on any atom is 0.276 e. The highest BCUT2D eigenvalue weighted by Crippen LogP contribution is 2.29. The number of carbonyl (C=O) groups is 1. The molecule has 1 saturated carbocycles. The molecule has 1 aliphatic carbocycles. The molecule has 1 N–H and O–H groups in total. The number of aldehydes is 1. The minimum atomic E-state index is -0.230. The van der Waals surface area contributed by atoms with Crippen molar-refractivity contribution in [3.05, 3.63) is 28.2 Å². The number of hydrogen-bond donors (Lipinski definition) is 1. The van der Waals surface area contributed by atoms with Gasteiger partial charge in [-0.05, 0) is 12.8 Å². The molecule has 0 saturated heterocycles. The molecule has 0 amide bonds. The van der Waals surface area contributed by atoms with Crippen molar-refractivity contribution >= 4 is 11.8 Å². The Balaban J connectivity index is 2.12. The van der Waals surface area contributed by atoms with Crippen LogP contribution in [0.15, 0.2) is 11.0 Å². The molecule has 0 aliphatic heterocycles. The van der Waals surface area contributed by atoms with E-state index in [0.717, 1.165) is 25.7 Å². The SMILES string of the molecule is O=Cc1ncc2c(=O)[nH]c(C3CCCCC3)nn12. The number of fused-ring (bicyclic) bond motifs is 1. The summed E-state index contributed by atoms with van der Waals surface area (Å²) in [7, 11) is 0. The van der Waals surface area contributed by atoms with E-state index >= 15 is 0 Å². The lowest BCUT2D eigenvalue weighted by Gasteiger charge is -2.20. The number of imidazole rings is 1. The molecule has 6 nitrogen and oxygen atoms in total. The standard InChI is InChI=1S/C12H14N4O2/c17-7-10-13-6-9-12(18)14-11(15-16(9)10)8-4-2-1-3-5-8/h6-8H,1-5H2,(H,14,15,18). The van der Waals surface area contributed by atoms with Crippen molar-refractivity contribution in [3.63, 3.8) is 0 Å². The van der Waals surface area contributed by atoms with Crippen molar-refractivity contribution < 1.29 is 4.79 Å². The van der Waals surface area contributed by atoms with Crippen LogP contribution in [-0.4, -0.2) is 25.9 Å². The summed E-state index contributed by atoms with van der Waals surface area (Å²) in [5.74, 6) is 1.14. The van der Waals surface area contributed by atoms with Crippen LogP contribution in [0.3, 0.4) is 0 Å². The van der Waals surface area contributed by atoms with Crippen molar-refractivity contribution in [2.45, 2.75) is 38.0 Å². The number of hydrogen-bond acceptors (Lipinski definition) is 4. The number of nitrogens with one attached hydrogen (secondary N) is 1. The topological polar surface area (TPSA) is 80.1 Å². The number of nitrogens with zero attached hydrogens (tertiary/aromatic N) is 3. The molecule has 1 fully saturated rings. The van der Waals surface area contributed by atoms with Crippen molar-refractivity contribution in [2.75, 3.05) is 0 Å². The second-order valence-electron chi connectivity index (χ2n) is 4.71. The summed E-state index contributed by atoms with van der Waals surface area (Å²) in [4.78, 5) is 29.4. The van der Waals surface area contributed by atoms with Gasteiger partial charge in [0.2, 0.25) is 0 Å². The Morgan fingerprint density at radius 2 is 2.11 bits per heavy atom. The molecule has 1 aliphatic rings. The number of carbonyl (C=O) groups excluding carboxylic acids is 1. The third-order valence-corrected chi connectivity index (χ3v) is 3.54. The molecule has 0 bridgehead atoms. The lowest BCUT2D eigenvalue weighted by atomic mass is 9.89. The minimum absolute atomic E-state index is 0.174. The Bertz CT molecular complexity index is 637. The first-order valence-electron chi connectivity index (χ1n) is 6.22. The van der Waals surface area contributed by atoms with Gasteiger partial charge in [-0.15, -0.1) is 0 Å². The van der Waals surface area contributed by atoms with E-state index < -0.39 is 0 Å². The summed E-state index contributed by atoms with van der Waals surface area (Å²) in [6.07, 6.45) is 7.64. The Morgan fingerprint density at radius 3 is 2.83 bits per heavy atom. The van der Waals surface area contributed by atoms with E-state index in [1.165, 1.54) is 17.1 Å². The summed E-state index contributed by atoms with van der Waals surface area (Å²) < 4.78 is 1.34. The number of rotatable bonds is 2. The zero-order valence-corrected chi connectivity index (χ0v) is 9.93. The third-order valence-electron chi connectivity index (χ3n) is 3.54.